The molecule has 0 spiro atoms. The topological polar surface area (TPSA) is 69.6 Å². The van der Waals surface area contributed by atoms with Gasteiger partial charge in [0, 0.05) is 12.7 Å². The van der Waals surface area contributed by atoms with Crippen molar-refractivity contribution in [3.63, 3.8) is 0 Å². The van der Waals surface area contributed by atoms with Crippen LogP contribution in [0, 0.1) is 0 Å². The molecule has 0 aliphatic carbocycles. The first kappa shape index (κ1) is 11.1. The van der Waals surface area contributed by atoms with Crippen molar-refractivity contribution in [2.45, 2.75) is 19.4 Å². The van der Waals surface area contributed by atoms with E-state index in [2.05, 4.69) is 19.5 Å². The third kappa shape index (κ3) is 1.82. The Labute approximate surface area is 105 Å². The smallest absolute Gasteiger partial charge is 0.115 e. The molecule has 2 N–H and O–H groups in total. The number of rotatable bonds is 4. The minimum absolute atomic E-state index is 0.729. The third-order valence-corrected chi connectivity index (χ3v) is 3.06. The third-order valence-electron chi connectivity index (χ3n) is 3.06. The molecule has 0 saturated heterocycles. The number of pyridine rings is 2. The van der Waals surface area contributed by atoms with E-state index in [9.17, 15) is 0 Å². The predicted molar refractivity (Wildman–Crippen MR) is 71.1 cm³/mol. The zero-order valence-corrected chi connectivity index (χ0v) is 10.1. The van der Waals surface area contributed by atoms with Gasteiger partial charge in [-0.1, -0.05) is 0 Å². The van der Waals surface area contributed by atoms with Crippen molar-refractivity contribution in [3.8, 4) is 0 Å². The highest BCUT2D eigenvalue weighted by atomic mass is 15.1. The maximum atomic E-state index is 5.52. The lowest BCUT2D eigenvalue weighted by Crippen LogP contribution is -2.02. The van der Waals surface area contributed by atoms with Gasteiger partial charge < -0.3 is 10.3 Å². The fourth-order valence-corrected chi connectivity index (χ4v) is 2.16. The summed E-state index contributed by atoms with van der Waals surface area (Å²) in [4.78, 5) is 13.2. The molecule has 3 aromatic rings. The molecule has 0 aromatic carbocycles. The monoisotopic (exact) mass is 241 g/mol. The Hall–Kier alpha value is -2.01. The van der Waals surface area contributed by atoms with Crippen molar-refractivity contribution < 1.29 is 0 Å². The molecule has 0 unspecified atom stereocenters. The van der Waals surface area contributed by atoms with Gasteiger partial charge in [0.05, 0.1) is 23.6 Å². The highest BCUT2D eigenvalue weighted by Crippen LogP contribution is 2.20. The number of nitrogens with two attached hydrogens (primary N) is 1. The summed E-state index contributed by atoms with van der Waals surface area (Å²) in [6, 6.07) is 3.87. The highest BCUT2D eigenvalue weighted by Gasteiger charge is 2.08. The Morgan fingerprint density at radius 3 is 2.94 bits per heavy atom. The van der Waals surface area contributed by atoms with E-state index in [0.717, 1.165) is 48.0 Å². The summed E-state index contributed by atoms with van der Waals surface area (Å²) in [7, 11) is 0. The fraction of sp³-hybridized carbons (Fsp3) is 0.308. The Balaban J connectivity index is 2.12. The maximum Gasteiger partial charge on any atom is 0.115 e. The van der Waals surface area contributed by atoms with Gasteiger partial charge in [0.15, 0.2) is 0 Å². The lowest BCUT2D eigenvalue weighted by Gasteiger charge is -2.05. The lowest BCUT2D eigenvalue weighted by molar-refractivity contribution is 0.627. The number of nitrogens with zero attached hydrogens (tertiary/aromatic N) is 4. The van der Waals surface area contributed by atoms with E-state index in [1.165, 1.54) is 0 Å². The van der Waals surface area contributed by atoms with Gasteiger partial charge >= 0.3 is 0 Å². The summed E-state index contributed by atoms with van der Waals surface area (Å²) in [6.45, 7) is 1.65. The number of hydrogen-bond donors (Lipinski definition) is 1. The average Bonchev–Trinajstić information content (AvgIpc) is 2.83. The van der Waals surface area contributed by atoms with Crippen LogP contribution in [0.3, 0.4) is 0 Å². The zero-order chi connectivity index (χ0) is 12.4. The van der Waals surface area contributed by atoms with E-state index >= 15 is 0 Å². The molecule has 3 rings (SSSR count). The van der Waals surface area contributed by atoms with E-state index < -0.39 is 0 Å². The van der Waals surface area contributed by atoms with E-state index in [1.54, 1.807) is 12.4 Å². The first-order valence-corrected chi connectivity index (χ1v) is 6.15. The van der Waals surface area contributed by atoms with E-state index in [1.807, 2.05) is 18.5 Å². The van der Waals surface area contributed by atoms with Crippen LogP contribution in [-0.2, 0) is 6.54 Å². The quantitative estimate of drug-likeness (QED) is 0.706. The zero-order valence-electron chi connectivity index (χ0n) is 10.1. The molecule has 0 fully saturated rings. The van der Waals surface area contributed by atoms with E-state index in [-0.39, 0.29) is 0 Å². The van der Waals surface area contributed by atoms with Crippen molar-refractivity contribution in [2.75, 3.05) is 6.54 Å². The van der Waals surface area contributed by atoms with Gasteiger partial charge in [-0.15, -0.1) is 0 Å². The molecule has 0 aliphatic rings. The molecule has 5 heteroatoms. The predicted octanol–water partition coefficient (Wildman–Crippen LogP) is 1.72. The van der Waals surface area contributed by atoms with Gasteiger partial charge in [-0.3, -0.25) is 9.97 Å². The second kappa shape index (κ2) is 4.70. The molecule has 3 aromatic heterocycles. The summed E-state index contributed by atoms with van der Waals surface area (Å²) >= 11 is 0. The van der Waals surface area contributed by atoms with Crippen LogP contribution in [0.1, 0.15) is 12.8 Å². The van der Waals surface area contributed by atoms with Crippen LogP contribution >= 0.6 is 0 Å². The highest BCUT2D eigenvalue weighted by molar-refractivity contribution is 5.99. The van der Waals surface area contributed by atoms with Crippen LogP contribution in [0.4, 0.5) is 0 Å². The van der Waals surface area contributed by atoms with Crippen LogP contribution in [0.5, 0.6) is 0 Å². The minimum Gasteiger partial charge on any atom is -0.330 e. The summed E-state index contributed by atoms with van der Waals surface area (Å²) in [5.41, 5.74) is 9.31. The van der Waals surface area contributed by atoms with Crippen LogP contribution < -0.4 is 5.73 Å². The Kier molecular flexibility index (Phi) is 2.90. The molecule has 18 heavy (non-hydrogen) atoms. The van der Waals surface area contributed by atoms with E-state index in [0.29, 0.717) is 0 Å². The fourth-order valence-electron chi connectivity index (χ4n) is 2.16. The molecular weight excluding hydrogens is 226 g/mol. The molecule has 0 aliphatic heterocycles. The van der Waals surface area contributed by atoms with Crippen LogP contribution in [0.2, 0.25) is 0 Å². The first-order chi connectivity index (χ1) is 8.90. The molecule has 5 nitrogen and oxygen atoms in total. The van der Waals surface area contributed by atoms with Crippen molar-refractivity contribution >= 4 is 22.1 Å². The average molecular weight is 241 g/mol. The SMILES string of the molecule is NCCCCn1cnc2cnc3cccnc3c21. The van der Waals surface area contributed by atoms with Crippen LogP contribution in [0.25, 0.3) is 22.1 Å². The minimum atomic E-state index is 0.729. The van der Waals surface area contributed by atoms with Gasteiger partial charge in [0.2, 0.25) is 0 Å². The Bertz CT molecular complexity index is 673. The summed E-state index contributed by atoms with van der Waals surface area (Å²) < 4.78 is 2.14. The second-order valence-corrected chi connectivity index (χ2v) is 4.30. The molecule has 0 atom stereocenters. The van der Waals surface area contributed by atoms with Crippen LogP contribution in [-0.4, -0.2) is 26.1 Å². The van der Waals surface area contributed by atoms with Crippen molar-refractivity contribution in [3.05, 3.63) is 30.9 Å². The van der Waals surface area contributed by atoms with Crippen molar-refractivity contribution in [2.24, 2.45) is 5.73 Å². The van der Waals surface area contributed by atoms with Gasteiger partial charge in [-0.2, -0.15) is 0 Å². The number of fused-ring (bicyclic) bond motifs is 3. The number of imidazole rings is 1. The number of aryl methyl sites for hydroxylation is 1. The van der Waals surface area contributed by atoms with Crippen LogP contribution in [0.15, 0.2) is 30.9 Å². The molecule has 0 saturated carbocycles. The standard InChI is InChI=1S/C13H15N5/c14-5-1-2-7-18-9-17-11-8-16-10-4-3-6-15-12(10)13(11)18/h3-4,6,8-9H,1-2,5,7,14H2. The summed E-state index contributed by atoms with van der Waals surface area (Å²) in [6.07, 6.45) is 7.53. The maximum absolute atomic E-state index is 5.52. The second-order valence-electron chi connectivity index (χ2n) is 4.30. The van der Waals surface area contributed by atoms with Gasteiger partial charge in [-0.05, 0) is 31.5 Å². The molecule has 92 valence electrons. The molecular formula is C13H15N5. The van der Waals surface area contributed by atoms with E-state index in [4.69, 9.17) is 5.73 Å². The largest absolute Gasteiger partial charge is 0.330 e. The van der Waals surface area contributed by atoms with Gasteiger partial charge in [0.25, 0.3) is 0 Å². The summed E-state index contributed by atoms with van der Waals surface area (Å²) in [5.74, 6) is 0. The normalized spacial score (nSPS) is 11.4. The molecule has 3 heterocycles. The number of unbranched alkanes of at least 4 members (excludes halogenated alkanes) is 1. The molecule has 0 bridgehead atoms. The number of hydrogen-bond acceptors (Lipinski definition) is 4. The lowest BCUT2D eigenvalue weighted by atomic mass is 10.2. The van der Waals surface area contributed by atoms with Crippen molar-refractivity contribution in [1.82, 2.24) is 19.5 Å². The Morgan fingerprint density at radius 2 is 2.06 bits per heavy atom. The molecule has 0 radical (unpaired) electrons. The van der Waals surface area contributed by atoms with Gasteiger partial charge in [0.1, 0.15) is 11.0 Å². The first-order valence-electron chi connectivity index (χ1n) is 6.15. The summed E-state index contributed by atoms with van der Waals surface area (Å²) in [5, 5.41) is 0. The molecule has 0 amide bonds. The Morgan fingerprint density at radius 1 is 1.11 bits per heavy atom. The van der Waals surface area contributed by atoms with Gasteiger partial charge in [-0.25, -0.2) is 4.98 Å². The number of aromatic nitrogens is 4. The van der Waals surface area contributed by atoms with Crippen molar-refractivity contribution in [1.29, 1.82) is 0 Å².